The van der Waals surface area contributed by atoms with Gasteiger partial charge < -0.3 is 0 Å². The number of nitrogens with zero attached hydrogens (tertiary/aromatic N) is 1. The molecular formula is C17H12BrNO. The van der Waals surface area contributed by atoms with Gasteiger partial charge in [-0.15, -0.1) is 0 Å². The van der Waals surface area contributed by atoms with Crippen LogP contribution in [0.3, 0.4) is 0 Å². The van der Waals surface area contributed by atoms with Gasteiger partial charge in [-0.05, 0) is 36.8 Å². The molecule has 0 aliphatic rings. The van der Waals surface area contributed by atoms with Gasteiger partial charge in [0, 0.05) is 27.2 Å². The molecule has 98 valence electrons. The van der Waals surface area contributed by atoms with Crippen molar-refractivity contribution in [2.45, 2.75) is 6.92 Å². The Labute approximate surface area is 125 Å². The highest BCUT2D eigenvalue weighted by Crippen LogP contribution is 2.25. The summed E-state index contributed by atoms with van der Waals surface area (Å²) in [4.78, 5) is 17.0. The van der Waals surface area contributed by atoms with E-state index in [-0.39, 0.29) is 5.78 Å². The Morgan fingerprint density at radius 1 is 1.05 bits per heavy atom. The number of rotatable bonds is 2. The van der Waals surface area contributed by atoms with Gasteiger partial charge in [-0.25, -0.2) is 0 Å². The molecule has 20 heavy (non-hydrogen) atoms. The van der Waals surface area contributed by atoms with Crippen molar-refractivity contribution in [2.24, 2.45) is 0 Å². The number of fused-ring (bicyclic) bond motifs is 1. The lowest BCUT2D eigenvalue weighted by Gasteiger charge is -2.07. The largest absolute Gasteiger partial charge is 0.289 e. The fraction of sp³-hybridized carbons (Fsp3) is 0.0588. The molecule has 0 fully saturated rings. The van der Waals surface area contributed by atoms with Gasteiger partial charge in [-0.2, -0.15) is 0 Å². The van der Waals surface area contributed by atoms with Crippen molar-refractivity contribution in [3.63, 3.8) is 0 Å². The third kappa shape index (κ3) is 2.25. The predicted octanol–water partition coefficient (Wildman–Crippen LogP) is 4.54. The zero-order chi connectivity index (χ0) is 14.1. The molecule has 0 N–H and O–H groups in total. The SMILES string of the molecule is Cc1ccc(C(=O)c2cccc3ncccc23)c(Br)c1. The van der Waals surface area contributed by atoms with E-state index in [9.17, 15) is 4.79 Å². The number of halogens is 1. The summed E-state index contributed by atoms with van der Waals surface area (Å²) in [7, 11) is 0. The summed E-state index contributed by atoms with van der Waals surface area (Å²) in [6, 6.07) is 15.2. The van der Waals surface area contributed by atoms with Crippen LogP contribution >= 0.6 is 15.9 Å². The third-order valence-electron chi connectivity index (χ3n) is 3.26. The van der Waals surface area contributed by atoms with Crippen molar-refractivity contribution in [2.75, 3.05) is 0 Å². The second-order valence-corrected chi connectivity index (χ2v) is 5.54. The monoisotopic (exact) mass is 325 g/mol. The molecule has 2 nitrogen and oxygen atoms in total. The quantitative estimate of drug-likeness (QED) is 0.647. The van der Waals surface area contributed by atoms with Crippen LogP contribution in [0.15, 0.2) is 59.2 Å². The molecule has 0 saturated heterocycles. The number of carbonyl (C=O) groups is 1. The molecule has 0 bridgehead atoms. The molecule has 0 saturated carbocycles. The lowest BCUT2D eigenvalue weighted by atomic mass is 9.98. The van der Waals surface area contributed by atoms with Crippen molar-refractivity contribution >= 4 is 32.6 Å². The number of pyridine rings is 1. The molecule has 0 spiro atoms. The van der Waals surface area contributed by atoms with E-state index in [2.05, 4.69) is 20.9 Å². The molecule has 0 atom stereocenters. The van der Waals surface area contributed by atoms with E-state index >= 15 is 0 Å². The molecule has 0 amide bonds. The zero-order valence-corrected chi connectivity index (χ0v) is 12.5. The highest BCUT2D eigenvalue weighted by atomic mass is 79.9. The number of aryl methyl sites for hydroxylation is 1. The summed E-state index contributed by atoms with van der Waals surface area (Å²) in [5.41, 5.74) is 3.31. The van der Waals surface area contributed by atoms with E-state index in [0.717, 1.165) is 20.9 Å². The van der Waals surface area contributed by atoms with Crippen LogP contribution in [-0.2, 0) is 0 Å². The second kappa shape index (κ2) is 5.17. The van der Waals surface area contributed by atoms with Crippen molar-refractivity contribution in [1.82, 2.24) is 4.98 Å². The van der Waals surface area contributed by atoms with Crippen LogP contribution in [-0.4, -0.2) is 10.8 Å². The van der Waals surface area contributed by atoms with Crippen LogP contribution in [0.5, 0.6) is 0 Å². The number of hydrogen-bond acceptors (Lipinski definition) is 2. The van der Waals surface area contributed by atoms with E-state index in [1.807, 2.05) is 55.5 Å². The summed E-state index contributed by atoms with van der Waals surface area (Å²) in [6.45, 7) is 2.00. The number of carbonyl (C=O) groups excluding carboxylic acids is 1. The minimum Gasteiger partial charge on any atom is -0.289 e. The van der Waals surface area contributed by atoms with Crippen molar-refractivity contribution in [3.05, 3.63) is 75.9 Å². The van der Waals surface area contributed by atoms with Gasteiger partial charge in [0.1, 0.15) is 0 Å². The predicted molar refractivity (Wildman–Crippen MR) is 84.1 cm³/mol. The van der Waals surface area contributed by atoms with Crippen LogP contribution in [0.4, 0.5) is 0 Å². The zero-order valence-electron chi connectivity index (χ0n) is 10.9. The van der Waals surface area contributed by atoms with Gasteiger partial charge in [0.15, 0.2) is 5.78 Å². The van der Waals surface area contributed by atoms with Crippen LogP contribution in [0.2, 0.25) is 0 Å². The fourth-order valence-electron chi connectivity index (χ4n) is 2.25. The molecular weight excluding hydrogens is 314 g/mol. The molecule has 2 aromatic carbocycles. The molecule has 0 radical (unpaired) electrons. The van der Waals surface area contributed by atoms with Gasteiger partial charge in [-0.3, -0.25) is 9.78 Å². The Hall–Kier alpha value is -2.00. The van der Waals surface area contributed by atoms with E-state index < -0.39 is 0 Å². The molecule has 3 aromatic rings. The van der Waals surface area contributed by atoms with Crippen LogP contribution < -0.4 is 0 Å². The van der Waals surface area contributed by atoms with Gasteiger partial charge >= 0.3 is 0 Å². The Balaban J connectivity index is 2.18. The number of ketones is 1. The maximum absolute atomic E-state index is 12.7. The summed E-state index contributed by atoms with van der Waals surface area (Å²) in [6.07, 6.45) is 1.73. The van der Waals surface area contributed by atoms with E-state index in [1.165, 1.54) is 0 Å². The van der Waals surface area contributed by atoms with E-state index in [4.69, 9.17) is 0 Å². The molecule has 1 heterocycles. The molecule has 1 aromatic heterocycles. The van der Waals surface area contributed by atoms with Crippen LogP contribution in [0.1, 0.15) is 21.5 Å². The number of hydrogen-bond donors (Lipinski definition) is 0. The molecule has 0 unspecified atom stereocenters. The van der Waals surface area contributed by atoms with Crippen molar-refractivity contribution < 1.29 is 4.79 Å². The first-order valence-electron chi connectivity index (χ1n) is 6.31. The fourth-order valence-corrected chi connectivity index (χ4v) is 2.92. The van der Waals surface area contributed by atoms with E-state index in [0.29, 0.717) is 11.1 Å². The lowest BCUT2D eigenvalue weighted by molar-refractivity contribution is 0.103. The molecule has 3 heteroatoms. The minimum absolute atomic E-state index is 0.00970. The smallest absolute Gasteiger partial charge is 0.194 e. The first-order chi connectivity index (χ1) is 9.66. The third-order valence-corrected chi connectivity index (χ3v) is 3.92. The van der Waals surface area contributed by atoms with Crippen molar-refractivity contribution in [3.8, 4) is 0 Å². The topological polar surface area (TPSA) is 30.0 Å². The maximum atomic E-state index is 12.7. The average Bonchev–Trinajstić information content (AvgIpc) is 2.46. The minimum atomic E-state index is 0.00970. The van der Waals surface area contributed by atoms with Gasteiger partial charge in [0.25, 0.3) is 0 Å². The van der Waals surface area contributed by atoms with Crippen LogP contribution in [0.25, 0.3) is 10.9 Å². The van der Waals surface area contributed by atoms with Gasteiger partial charge in [0.2, 0.25) is 0 Å². The lowest BCUT2D eigenvalue weighted by Crippen LogP contribution is -2.03. The standard InChI is InChI=1S/C17H12BrNO/c1-11-7-8-14(15(18)10-11)17(20)13-4-2-6-16-12(13)5-3-9-19-16/h2-10H,1H3. The second-order valence-electron chi connectivity index (χ2n) is 4.69. The first kappa shape index (κ1) is 13.0. The van der Waals surface area contributed by atoms with Crippen molar-refractivity contribution in [1.29, 1.82) is 0 Å². The van der Waals surface area contributed by atoms with Gasteiger partial charge in [0.05, 0.1) is 5.52 Å². The average molecular weight is 326 g/mol. The highest BCUT2D eigenvalue weighted by molar-refractivity contribution is 9.10. The van der Waals surface area contributed by atoms with E-state index in [1.54, 1.807) is 6.20 Å². The normalized spacial score (nSPS) is 10.7. The molecule has 0 aliphatic heterocycles. The van der Waals surface area contributed by atoms with Crippen LogP contribution in [0, 0.1) is 6.92 Å². The Bertz CT molecular complexity index is 806. The summed E-state index contributed by atoms with van der Waals surface area (Å²) >= 11 is 3.47. The highest BCUT2D eigenvalue weighted by Gasteiger charge is 2.15. The maximum Gasteiger partial charge on any atom is 0.194 e. The Kier molecular flexibility index (Phi) is 3.36. The summed E-state index contributed by atoms with van der Waals surface area (Å²) in [5, 5.41) is 0.882. The van der Waals surface area contributed by atoms with Gasteiger partial charge in [-0.1, -0.05) is 40.2 Å². The first-order valence-corrected chi connectivity index (χ1v) is 7.11. The summed E-state index contributed by atoms with van der Waals surface area (Å²) in [5.74, 6) is 0.00970. The summed E-state index contributed by atoms with van der Waals surface area (Å²) < 4.78 is 0.823. The number of aromatic nitrogens is 1. The Morgan fingerprint density at radius 2 is 1.90 bits per heavy atom. The molecule has 0 aliphatic carbocycles. The Morgan fingerprint density at radius 3 is 2.70 bits per heavy atom. The molecule has 3 rings (SSSR count). The number of benzene rings is 2.